The molecule has 0 aliphatic rings. The Bertz CT molecular complexity index is 1110. The quantitative estimate of drug-likeness (QED) is 0.293. The number of hydrogen-bond acceptors (Lipinski definition) is 5. The van der Waals surface area contributed by atoms with Gasteiger partial charge in [0.1, 0.15) is 0 Å². The molecule has 4 aromatic rings. The van der Waals surface area contributed by atoms with Crippen molar-refractivity contribution in [2.75, 3.05) is 19.0 Å². The van der Waals surface area contributed by atoms with Gasteiger partial charge in [0.15, 0.2) is 5.13 Å². The first-order chi connectivity index (χ1) is 16.0. The van der Waals surface area contributed by atoms with E-state index in [-0.39, 0.29) is 0 Å². The van der Waals surface area contributed by atoms with Gasteiger partial charge in [0.25, 0.3) is 0 Å². The molecule has 0 amide bonds. The van der Waals surface area contributed by atoms with Crippen LogP contribution in [0.1, 0.15) is 31.4 Å². The van der Waals surface area contributed by atoms with Crippen molar-refractivity contribution in [3.8, 4) is 10.4 Å². The summed E-state index contributed by atoms with van der Waals surface area (Å²) >= 11 is 1.58. The third-order valence-corrected chi connectivity index (χ3v) is 5.63. The number of halogens is 3. The molecule has 0 saturated heterocycles. The molecule has 33 heavy (non-hydrogen) atoms. The molecule has 8 heteroatoms. The average Bonchev–Trinajstić information content (AvgIpc) is 3.33. The normalized spacial score (nSPS) is 10.6. The summed E-state index contributed by atoms with van der Waals surface area (Å²) in [4.78, 5) is 9.63. The number of pyridine rings is 1. The third-order valence-electron chi connectivity index (χ3n) is 4.63. The van der Waals surface area contributed by atoms with Crippen molar-refractivity contribution in [3.05, 3.63) is 78.2 Å². The summed E-state index contributed by atoms with van der Waals surface area (Å²) < 4.78 is 37.8. The first kappa shape index (κ1) is 26.3. The van der Waals surface area contributed by atoms with Gasteiger partial charge in [-0.3, -0.25) is 4.98 Å². The summed E-state index contributed by atoms with van der Waals surface area (Å²) in [7, 11) is 1.00. The van der Waals surface area contributed by atoms with Crippen molar-refractivity contribution in [2.45, 2.75) is 32.9 Å². The second-order valence-corrected chi connectivity index (χ2v) is 7.72. The number of benzene rings is 2. The second kappa shape index (κ2) is 12.9. The van der Waals surface area contributed by atoms with Gasteiger partial charge in [0, 0.05) is 37.6 Å². The number of fused-ring (bicyclic) bond motifs is 1. The summed E-state index contributed by atoms with van der Waals surface area (Å²) in [5.41, 5.74) is 1.39. The number of alkyl halides is 3. The van der Waals surface area contributed by atoms with Crippen LogP contribution in [-0.4, -0.2) is 28.7 Å². The van der Waals surface area contributed by atoms with Gasteiger partial charge in [0.05, 0.1) is 10.4 Å². The molecule has 0 fully saturated rings. The minimum atomic E-state index is -4.29. The highest BCUT2D eigenvalue weighted by Gasteiger charge is 2.29. The van der Waals surface area contributed by atoms with E-state index >= 15 is 0 Å². The zero-order chi connectivity index (χ0) is 24.3. The Hall–Kier alpha value is -2.97. The van der Waals surface area contributed by atoms with Crippen LogP contribution in [0.3, 0.4) is 0 Å². The monoisotopic (exact) mass is 475 g/mol. The van der Waals surface area contributed by atoms with Crippen molar-refractivity contribution >= 4 is 27.2 Å². The Morgan fingerprint density at radius 3 is 2.36 bits per heavy atom. The minimum absolute atomic E-state index is 0.611. The maximum atomic E-state index is 12.6. The lowest BCUT2D eigenvalue weighted by Crippen LogP contribution is -2.05. The molecule has 2 heterocycles. The van der Waals surface area contributed by atoms with Gasteiger partial charge in [-0.15, -0.1) is 0 Å². The predicted molar refractivity (Wildman–Crippen MR) is 131 cm³/mol. The van der Waals surface area contributed by atoms with Crippen LogP contribution in [0.5, 0.6) is 0 Å². The number of aliphatic hydroxyl groups excluding tert-OH is 1. The molecule has 0 radical (unpaired) electrons. The number of hydrogen-bond donors (Lipinski definition) is 2. The zero-order valence-electron chi connectivity index (χ0n) is 18.9. The Labute approximate surface area is 196 Å². The zero-order valence-corrected chi connectivity index (χ0v) is 19.7. The molecule has 0 unspecified atom stereocenters. The number of nitrogens with zero attached hydrogens (tertiary/aromatic N) is 2. The minimum Gasteiger partial charge on any atom is -0.400 e. The maximum Gasteiger partial charge on any atom is 0.416 e. The number of rotatable bonds is 6. The molecule has 0 spiro atoms. The van der Waals surface area contributed by atoms with Gasteiger partial charge in [-0.1, -0.05) is 49.4 Å². The molecule has 2 aromatic carbocycles. The summed E-state index contributed by atoms with van der Waals surface area (Å²) in [5, 5.41) is 13.4. The molecule has 0 aliphatic carbocycles. The SMILES string of the molecule is CC.CO.FC(F)(F)c1ccc(CCCNc2ncc(-c3ccc4cnccc4c3)s2)cc1. The fraction of sp³-hybridized carbons (Fsp3) is 0.280. The fourth-order valence-electron chi connectivity index (χ4n) is 3.07. The summed E-state index contributed by atoms with van der Waals surface area (Å²) in [5.74, 6) is 0. The molecular formula is C25H28F3N3OS. The number of aliphatic hydroxyl groups is 1. The van der Waals surface area contributed by atoms with E-state index in [4.69, 9.17) is 5.11 Å². The Morgan fingerprint density at radius 2 is 1.67 bits per heavy atom. The van der Waals surface area contributed by atoms with E-state index in [1.807, 2.05) is 32.3 Å². The van der Waals surface area contributed by atoms with Crippen LogP contribution in [0, 0.1) is 0 Å². The van der Waals surface area contributed by atoms with E-state index in [1.54, 1.807) is 29.7 Å². The Kier molecular flexibility index (Phi) is 10.3. The summed E-state index contributed by atoms with van der Waals surface area (Å²) in [6.07, 6.45) is 2.71. The topological polar surface area (TPSA) is 58.0 Å². The van der Waals surface area contributed by atoms with Crippen LogP contribution in [0.15, 0.2) is 67.1 Å². The largest absolute Gasteiger partial charge is 0.416 e. The number of thiazole rings is 1. The molecule has 0 saturated carbocycles. The highest BCUT2D eigenvalue weighted by Crippen LogP contribution is 2.31. The second-order valence-electron chi connectivity index (χ2n) is 6.69. The highest BCUT2D eigenvalue weighted by atomic mass is 32.1. The number of aromatic nitrogens is 2. The lowest BCUT2D eigenvalue weighted by Gasteiger charge is -2.07. The van der Waals surface area contributed by atoms with Crippen LogP contribution >= 0.6 is 11.3 Å². The van der Waals surface area contributed by atoms with E-state index in [2.05, 4.69) is 33.5 Å². The van der Waals surface area contributed by atoms with E-state index in [0.29, 0.717) is 13.0 Å². The molecule has 176 valence electrons. The highest BCUT2D eigenvalue weighted by molar-refractivity contribution is 7.18. The van der Waals surface area contributed by atoms with E-state index < -0.39 is 11.7 Å². The van der Waals surface area contributed by atoms with Gasteiger partial charge in [-0.05, 0) is 53.6 Å². The smallest absolute Gasteiger partial charge is 0.400 e. The first-order valence-electron chi connectivity index (χ1n) is 10.6. The summed E-state index contributed by atoms with van der Waals surface area (Å²) in [6, 6.07) is 13.6. The van der Waals surface area contributed by atoms with Crippen LogP contribution in [-0.2, 0) is 12.6 Å². The summed E-state index contributed by atoms with van der Waals surface area (Å²) in [6.45, 7) is 4.71. The third kappa shape index (κ3) is 7.54. The van der Waals surface area contributed by atoms with Crippen molar-refractivity contribution < 1.29 is 18.3 Å². The van der Waals surface area contributed by atoms with Crippen molar-refractivity contribution in [1.82, 2.24) is 9.97 Å². The molecule has 2 N–H and O–H groups in total. The van der Waals surface area contributed by atoms with Crippen LogP contribution < -0.4 is 5.32 Å². The predicted octanol–water partition coefficient (Wildman–Crippen LogP) is 7.06. The standard InChI is InChI=1S/C22H18F3N3S.C2H6.CH4O/c23-22(24,25)19-7-3-15(4-8-19)2-1-10-27-21-28-14-20(29-21)17-5-6-18-13-26-11-9-16(18)12-17;2*1-2/h3-9,11-14H,1-2,10H2,(H,27,28);1-2H3;2H,1H3. The van der Waals surface area contributed by atoms with Crippen LogP contribution in [0.4, 0.5) is 18.3 Å². The molecule has 4 nitrogen and oxygen atoms in total. The number of anilines is 1. The Morgan fingerprint density at radius 1 is 0.939 bits per heavy atom. The van der Waals surface area contributed by atoms with E-state index in [9.17, 15) is 13.2 Å². The molecule has 2 aromatic heterocycles. The van der Waals surface area contributed by atoms with Crippen molar-refractivity contribution in [2.24, 2.45) is 0 Å². The van der Waals surface area contributed by atoms with Gasteiger partial charge < -0.3 is 10.4 Å². The molecule has 0 aliphatic heterocycles. The molecular weight excluding hydrogens is 447 g/mol. The average molecular weight is 476 g/mol. The maximum absolute atomic E-state index is 12.6. The number of aryl methyl sites for hydroxylation is 1. The van der Waals surface area contributed by atoms with Gasteiger partial charge >= 0.3 is 6.18 Å². The number of nitrogens with one attached hydrogen (secondary N) is 1. The Balaban J connectivity index is 0.000000914. The van der Waals surface area contributed by atoms with Crippen LogP contribution in [0.25, 0.3) is 21.2 Å². The van der Waals surface area contributed by atoms with Gasteiger partial charge in [-0.25, -0.2) is 4.98 Å². The molecule has 0 bridgehead atoms. The van der Waals surface area contributed by atoms with Gasteiger partial charge in [0.2, 0.25) is 0 Å². The molecule has 0 atom stereocenters. The van der Waals surface area contributed by atoms with E-state index in [0.717, 1.165) is 57.6 Å². The lowest BCUT2D eigenvalue weighted by atomic mass is 10.1. The molecule has 4 rings (SSSR count). The van der Waals surface area contributed by atoms with E-state index in [1.165, 1.54) is 0 Å². The van der Waals surface area contributed by atoms with Crippen molar-refractivity contribution in [3.63, 3.8) is 0 Å². The lowest BCUT2D eigenvalue weighted by molar-refractivity contribution is -0.137. The fourth-order valence-corrected chi connectivity index (χ4v) is 3.91. The van der Waals surface area contributed by atoms with Crippen LogP contribution in [0.2, 0.25) is 0 Å². The first-order valence-corrected chi connectivity index (χ1v) is 11.5. The van der Waals surface area contributed by atoms with Crippen molar-refractivity contribution in [1.29, 1.82) is 0 Å². The van der Waals surface area contributed by atoms with Gasteiger partial charge in [-0.2, -0.15) is 13.2 Å².